The van der Waals surface area contributed by atoms with Crippen molar-refractivity contribution in [3.8, 4) is 0 Å². The van der Waals surface area contributed by atoms with Crippen LogP contribution in [0.2, 0.25) is 0 Å². The van der Waals surface area contributed by atoms with E-state index in [-0.39, 0.29) is 0 Å². The second kappa shape index (κ2) is 5.70. The summed E-state index contributed by atoms with van der Waals surface area (Å²) in [4.78, 5) is 0. The lowest BCUT2D eigenvalue weighted by molar-refractivity contribution is 0.190. The first-order valence-corrected chi connectivity index (χ1v) is 9.06. The van der Waals surface area contributed by atoms with Gasteiger partial charge in [-0.15, -0.1) is 0 Å². The van der Waals surface area contributed by atoms with Gasteiger partial charge >= 0.3 is 0 Å². The minimum Gasteiger partial charge on any atom is -0.330 e. The molecule has 116 valence electrons. The van der Waals surface area contributed by atoms with E-state index in [0.29, 0.717) is 5.41 Å². The molecule has 1 nitrogen and oxygen atoms in total. The Morgan fingerprint density at radius 3 is 2.55 bits per heavy atom. The molecule has 0 bridgehead atoms. The van der Waals surface area contributed by atoms with Crippen LogP contribution in [0, 0.1) is 5.92 Å². The van der Waals surface area contributed by atoms with Gasteiger partial charge in [-0.1, -0.05) is 55.7 Å². The largest absolute Gasteiger partial charge is 0.330 e. The van der Waals surface area contributed by atoms with Crippen LogP contribution in [0.15, 0.2) is 36.4 Å². The highest BCUT2D eigenvalue weighted by atomic mass is 14.5. The molecule has 1 unspecified atom stereocenters. The van der Waals surface area contributed by atoms with Crippen molar-refractivity contribution in [3.63, 3.8) is 0 Å². The molecule has 0 aromatic heterocycles. The third kappa shape index (κ3) is 2.10. The fourth-order valence-corrected chi connectivity index (χ4v) is 5.28. The fourth-order valence-electron chi connectivity index (χ4n) is 5.28. The quantitative estimate of drug-likeness (QED) is 0.847. The molecule has 1 atom stereocenters. The van der Waals surface area contributed by atoms with Gasteiger partial charge in [-0.25, -0.2) is 0 Å². The van der Waals surface area contributed by atoms with E-state index >= 15 is 0 Å². The van der Waals surface area contributed by atoms with Crippen LogP contribution in [-0.4, -0.2) is 6.54 Å². The zero-order valence-corrected chi connectivity index (χ0v) is 13.5. The molecule has 1 fully saturated rings. The summed E-state index contributed by atoms with van der Waals surface area (Å²) in [6, 6.07) is 13.8. The highest BCUT2D eigenvalue weighted by molar-refractivity contribution is 5.92. The van der Waals surface area contributed by atoms with Crippen LogP contribution in [0.3, 0.4) is 0 Å². The SMILES string of the molecule is NCCCC1(C2CCCCC2)Cc2cccc3cccc1c23. The Morgan fingerprint density at radius 2 is 1.77 bits per heavy atom. The first kappa shape index (κ1) is 14.3. The van der Waals surface area contributed by atoms with Gasteiger partial charge < -0.3 is 5.73 Å². The van der Waals surface area contributed by atoms with E-state index in [9.17, 15) is 0 Å². The maximum Gasteiger partial charge on any atom is 0.00285 e. The van der Waals surface area contributed by atoms with E-state index in [1.807, 2.05) is 0 Å². The molecule has 0 spiro atoms. The Morgan fingerprint density at radius 1 is 1.00 bits per heavy atom. The van der Waals surface area contributed by atoms with Crippen molar-refractivity contribution < 1.29 is 0 Å². The predicted molar refractivity (Wildman–Crippen MR) is 94.2 cm³/mol. The lowest BCUT2D eigenvalue weighted by Crippen LogP contribution is -2.37. The van der Waals surface area contributed by atoms with Crippen LogP contribution < -0.4 is 5.73 Å². The van der Waals surface area contributed by atoms with Crippen LogP contribution in [-0.2, 0) is 11.8 Å². The minimum absolute atomic E-state index is 0.364. The summed E-state index contributed by atoms with van der Waals surface area (Å²) in [5, 5.41) is 2.99. The first-order chi connectivity index (χ1) is 10.8. The summed E-state index contributed by atoms with van der Waals surface area (Å²) in [6.07, 6.45) is 10.8. The lowest BCUT2D eigenvalue weighted by Gasteiger charge is -2.41. The van der Waals surface area contributed by atoms with Crippen molar-refractivity contribution in [2.45, 2.75) is 56.8 Å². The molecule has 22 heavy (non-hydrogen) atoms. The van der Waals surface area contributed by atoms with Crippen molar-refractivity contribution >= 4 is 10.8 Å². The zero-order chi connectivity index (χ0) is 15.0. The van der Waals surface area contributed by atoms with Gasteiger partial charge in [-0.2, -0.15) is 0 Å². The van der Waals surface area contributed by atoms with Crippen molar-refractivity contribution in [2.75, 3.05) is 6.54 Å². The van der Waals surface area contributed by atoms with Crippen LogP contribution in [0.5, 0.6) is 0 Å². The Kier molecular flexibility index (Phi) is 3.69. The number of rotatable bonds is 4. The molecule has 0 heterocycles. The van der Waals surface area contributed by atoms with E-state index in [1.54, 1.807) is 16.5 Å². The lowest BCUT2D eigenvalue weighted by atomic mass is 9.63. The summed E-state index contributed by atoms with van der Waals surface area (Å²) < 4.78 is 0. The predicted octanol–water partition coefficient (Wildman–Crippen LogP) is 4.95. The number of benzene rings is 2. The van der Waals surface area contributed by atoms with Crippen LogP contribution in [0.25, 0.3) is 10.8 Å². The maximum absolute atomic E-state index is 5.90. The molecule has 2 aromatic rings. The second-order valence-electron chi connectivity index (χ2n) is 7.38. The van der Waals surface area contributed by atoms with Gasteiger partial charge in [0.2, 0.25) is 0 Å². The molecule has 0 saturated heterocycles. The second-order valence-corrected chi connectivity index (χ2v) is 7.38. The van der Waals surface area contributed by atoms with Gasteiger partial charge in [0.1, 0.15) is 0 Å². The summed E-state index contributed by atoms with van der Waals surface area (Å²) in [6.45, 7) is 0.820. The molecule has 0 aliphatic heterocycles. The van der Waals surface area contributed by atoms with Crippen molar-refractivity contribution in [1.29, 1.82) is 0 Å². The van der Waals surface area contributed by atoms with E-state index in [0.717, 1.165) is 18.9 Å². The van der Waals surface area contributed by atoms with E-state index in [1.165, 1.54) is 50.3 Å². The highest BCUT2D eigenvalue weighted by Crippen LogP contribution is 2.53. The maximum atomic E-state index is 5.90. The number of hydrogen-bond acceptors (Lipinski definition) is 1. The summed E-state index contributed by atoms with van der Waals surface area (Å²) in [5.41, 5.74) is 9.48. The van der Waals surface area contributed by atoms with Gasteiger partial charge in [-0.3, -0.25) is 0 Å². The summed E-state index contributed by atoms with van der Waals surface area (Å²) >= 11 is 0. The number of nitrogens with two attached hydrogens (primary N) is 1. The average molecular weight is 293 g/mol. The molecular formula is C21H27N. The Hall–Kier alpha value is -1.34. The first-order valence-electron chi connectivity index (χ1n) is 9.06. The van der Waals surface area contributed by atoms with E-state index < -0.39 is 0 Å². The van der Waals surface area contributed by atoms with E-state index in [4.69, 9.17) is 5.73 Å². The number of hydrogen-bond donors (Lipinski definition) is 1. The normalized spacial score (nSPS) is 25.0. The molecule has 2 aliphatic rings. The Bertz CT molecular complexity index is 663. The molecule has 2 aliphatic carbocycles. The molecule has 2 N–H and O–H groups in total. The standard InChI is InChI=1S/C21H27N/c22-14-6-13-21(18-10-2-1-3-11-18)15-17-9-4-7-16-8-5-12-19(21)20(16)17/h4-5,7-9,12,18H,1-3,6,10-11,13-15,22H2. The minimum atomic E-state index is 0.364. The molecule has 4 rings (SSSR count). The third-order valence-electron chi connectivity index (χ3n) is 6.25. The van der Waals surface area contributed by atoms with Crippen molar-refractivity contribution in [2.24, 2.45) is 11.7 Å². The Labute approximate surface area is 133 Å². The molecule has 1 saturated carbocycles. The highest BCUT2D eigenvalue weighted by Gasteiger charge is 2.44. The third-order valence-corrected chi connectivity index (χ3v) is 6.25. The molecule has 0 radical (unpaired) electrons. The van der Waals surface area contributed by atoms with Crippen molar-refractivity contribution in [1.82, 2.24) is 0 Å². The van der Waals surface area contributed by atoms with Gasteiger partial charge in [0.15, 0.2) is 0 Å². The van der Waals surface area contributed by atoms with E-state index in [2.05, 4.69) is 36.4 Å². The van der Waals surface area contributed by atoms with Crippen LogP contribution >= 0.6 is 0 Å². The van der Waals surface area contributed by atoms with Crippen LogP contribution in [0.1, 0.15) is 56.1 Å². The van der Waals surface area contributed by atoms with Crippen molar-refractivity contribution in [3.05, 3.63) is 47.5 Å². The fraction of sp³-hybridized carbons (Fsp3) is 0.524. The average Bonchev–Trinajstić information content (AvgIpc) is 2.91. The summed E-state index contributed by atoms with van der Waals surface area (Å²) in [5.74, 6) is 0.853. The molecule has 2 aromatic carbocycles. The molecule has 1 heteroatoms. The zero-order valence-electron chi connectivity index (χ0n) is 13.5. The molecular weight excluding hydrogens is 266 g/mol. The summed E-state index contributed by atoms with van der Waals surface area (Å²) in [7, 11) is 0. The van der Waals surface area contributed by atoms with Gasteiger partial charge in [0.05, 0.1) is 0 Å². The van der Waals surface area contributed by atoms with Crippen LogP contribution in [0.4, 0.5) is 0 Å². The smallest absolute Gasteiger partial charge is 0.00285 e. The van der Waals surface area contributed by atoms with Gasteiger partial charge in [0.25, 0.3) is 0 Å². The topological polar surface area (TPSA) is 26.0 Å². The molecule has 0 amide bonds. The Balaban J connectivity index is 1.84. The van der Waals surface area contributed by atoms with Gasteiger partial charge in [-0.05, 0) is 66.5 Å². The van der Waals surface area contributed by atoms with Gasteiger partial charge in [0, 0.05) is 5.41 Å². The monoisotopic (exact) mass is 293 g/mol.